The minimum Gasteiger partial charge on any atom is -0.300 e. The first-order chi connectivity index (χ1) is 9.29. The molecule has 0 aliphatic heterocycles. The van der Waals surface area contributed by atoms with E-state index >= 15 is 0 Å². The molecule has 0 spiro atoms. The van der Waals surface area contributed by atoms with Crippen LogP contribution in [-0.2, 0) is 4.79 Å². The molecular formula is C13H19N3OS2. The fraction of sp³-hybridized carbons (Fsp3) is 0.615. The van der Waals surface area contributed by atoms with Crippen molar-refractivity contribution in [2.24, 2.45) is 0 Å². The molecule has 6 heteroatoms. The first-order valence-electron chi connectivity index (χ1n) is 6.61. The predicted octanol–water partition coefficient (Wildman–Crippen LogP) is 3.44. The van der Waals surface area contributed by atoms with Crippen LogP contribution in [0, 0.1) is 0 Å². The van der Waals surface area contributed by atoms with Crippen molar-refractivity contribution in [3.63, 3.8) is 0 Å². The molecule has 1 aromatic rings. The maximum atomic E-state index is 11.6. The summed E-state index contributed by atoms with van der Waals surface area (Å²) in [5, 5.41) is 12.8. The lowest BCUT2D eigenvalue weighted by Gasteiger charge is -2.18. The monoisotopic (exact) mass is 297 g/mol. The van der Waals surface area contributed by atoms with Gasteiger partial charge in [0.15, 0.2) is 0 Å². The molecule has 1 N–H and O–H groups in total. The number of aromatic nitrogens is 2. The maximum absolute atomic E-state index is 11.6. The molecule has 1 heterocycles. The summed E-state index contributed by atoms with van der Waals surface area (Å²) in [5.74, 6) is 1.76. The molecule has 4 nitrogen and oxygen atoms in total. The number of hydrogen-bond donors (Lipinski definition) is 1. The number of rotatable bonds is 6. The van der Waals surface area contributed by atoms with Gasteiger partial charge in [-0.3, -0.25) is 10.1 Å². The topological polar surface area (TPSA) is 54.9 Å². The average Bonchev–Trinajstić information content (AvgIpc) is 2.88. The summed E-state index contributed by atoms with van der Waals surface area (Å²) < 4.78 is 0. The normalized spacial score (nSPS) is 16.2. The van der Waals surface area contributed by atoms with Crippen LogP contribution in [0.3, 0.4) is 0 Å². The summed E-state index contributed by atoms with van der Waals surface area (Å²) in [6.45, 7) is 3.62. The number of carbonyl (C=O) groups is 1. The van der Waals surface area contributed by atoms with Crippen LogP contribution in [0.15, 0.2) is 12.7 Å². The molecule has 0 aromatic carbocycles. The molecule has 1 fully saturated rings. The Morgan fingerprint density at radius 2 is 2.21 bits per heavy atom. The van der Waals surface area contributed by atoms with Gasteiger partial charge in [0.05, 0.1) is 5.75 Å². The van der Waals surface area contributed by atoms with Crippen molar-refractivity contribution in [3.05, 3.63) is 17.7 Å². The lowest BCUT2D eigenvalue weighted by molar-refractivity contribution is -0.113. The Labute approximate surface area is 122 Å². The predicted molar refractivity (Wildman–Crippen MR) is 81.9 cm³/mol. The average molecular weight is 297 g/mol. The van der Waals surface area contributed by atoms with Gasteiger partial charge < -0.3 is 0 Å². The van der Waals surface area contributed by atoms with Gasteiger partial charge in [-0.15, -0.1) is 28.5 Å². The highest BCUT2D eigenvalue weighted by Gasteiger charge is 2.20. The summed E-state index contributed by atoms with van der Waals surface area (Å²) >= 11 is 3.07. The largest absolute Gasteiger partial charge is 0.300 e. The van der Waals surface area contributed by atoms with Crippen LogP contribution in [0.1, 0.15) is 43.0 Å². The summed E-state index contributed by atoms with van der Waals surface area (Å²) in [4.78, 5) is 11.6. The van der Waals surface area contributed by atoms with E-state index in [9.17, 15) is 4.79 Å². The molecule has 104 valence electrons. The number of hydrogen-bond acceptors (Lipinski definition) is 5. The summed E-state index contributed by atoms with van der Waals surface area (Å²) in [5.41, 5.74) is 0. The molecule has 0 radical (unpaired) electrons. The van der Waals surface area contributed by atoms with E-state index < -0.39 is 0 Å². The van der Waals surface area contributed by atoms with Crippen molar-refractivity contribution in [1.29, 1.82) is 0 Å². The zero-order valence-corrected chi connectivity index (χ0v) is 12.6. The van der Waals surface area contributed by atoms with E-state index in [2.05, 4.69) is 22.1 Å². The van der Waals surface area contributed by atoms with E-state index in [4.69, 9.17) is 0 Å². The molecule has 1 aromatic heterocycles. The third-order valence-corrected chi connectivity index (χ3v) is 5.05. The molecule has 19 heavy (non-hydrogen) atoms. The summed E-state index contributed by atoms with van der Waals surface area (Å²) in [6.07, 6.45) is 8.10. The second kappa shape index (κ2) is 7.65. The van der Waals surface area contributed by atoms with Crippen LogP contribution >= 0.6 is 23.1 Å². The van der Waals surface area contributed by atoms with Crippen molar-refractivity contribution in [2.45, 2.75) is 38.0 Å². The number of anilines is 1. The molecule has 1 aliphatic carbocycles. The second-order valence-corrected chi connectivity index (χ2v) is 6.67. The SMILES string of the molecule is C=CCSCC(=O)Nc1nnc(C2CCCCC2)s1. The highest BCUT2D eigenvalue weighted by molar-refractivity contribution is 8.00. The first kappa shape index (κ1) is 14.5. The molecule has 0 bridgehead atoms. The summed E-state index contributed by atoms with van der Waals surface area (Å²) in [6, 6.07) is 0. The van der Waals surface area contributed by atoms with E-state index in [-0.39, 0.29) is 5.91 Å². The van der Waals surface area contributed by atoms with E-state index in [0.29, 0.717) is 16.8 Å². The Bertz CT molecular complexity index is 427. The molecule has 0 saturated heterocycles. The van der Waals surface area contributed by atoms with Crippen LogP contribution in [-0.4, -0.2) is 27.6 Å². The second-order valence-electron chi connectivity index (χ2n) is 4.63. The van der Waals surface area contributed by atoms with E-state index in [1.165, 1.54) is 43.4 Å². The molecular weight excluding hydrogens is 278 g/mol. The third-order valence-electron chi connectivity index (χ3n) is 3.11. The molecule has 2 rings (SSSR count). The van der Waals surface area contributed by atoms with Crippen LogP contribution in [0.2, 0.25) is 0 Å². The van der Waals surface area contributed by atoms with Crippen molar-refractivity contribution < 1.29 is 4.79 Å². The lowest BCUT2D eigenvalue weighted by atomic mass is 9.90. The Kier molecular flexibility index (Phi) is 5.85. The molecule has 1 aliphatic rings. The number of amides is 1. The van der Waals surface area contributed by atoms with Crippen molar-refractivity contribution >= 4 is 34.1 Å². The Morgan fingerprint density at radius 3 is 2.95 bits per heavy atom. The minimum absolute atomic E-state index is 0.0156. The van der Waals surface area contributed by atoms with Gasteiger partial charge in [0.2, 0.25) is 11.0 Å². The minimum atomic E-state index is -0.0156. The van der Waals surface area contributed by atoms with Gasteiger partial charge in [0, 0.05) is 11.7 Å². The Morgan fingerprint density at radius 1 is 1.42 bits per heavy atom. The van der Waals surface area contributed by atoms with Crippen molar-refractivity contribution in [2.75, 3.05) is 16.8 Å². The maximum Gasteiger partial charge on any atom is 0.236 e. The third kappa shape index (κ3) is 4.62. The first-order valence-corrected chi connectivity index (χ1v) is 8.58. The van der Waals surface area contributed by atoms with Gasteiger partial charge >= 0.3 is 0 Å². The van der Waals surface area contributed by atoms with Crippen LogP contribution < -0.4 is 5.32 Å². The Hall–Kier alpha value is -0.880. The fourth-order valence-electron chi connectivity index (χ4n) is 2.19. The zero-order chi connectivity index (χ0) is 13.5. The standard InChI is InChI=1S/C13H19N3OS2/c1-2-8-18-9-11(17)14-13-16-15-12(19-13)10-6-4-3-5-7-10/h2,10H,1,3-9H2,(H,14,16,17). The number of nitrogens with zero attached hydrogens (tertiary/aromatic N) is 2. The van der Waals surface area contributed by atoms with Gasteiger partial charge in [-0.05, 0) is 12.8 Å². The Balaban J connectivity index is 1.82. The van der Waals surface area contributed by atoms with E-state index in [1.807, 2.05) is 0 Å². The smallest absolute Gasteiger partial charge is 0.236 e. The molecule has 0 unspecified atom stereocenters. The summed E-state index contributed by atoms with van der Waals surface area (Å²) in [7, 11) is 0. The van der Waals surface area contributed by atoms with Crippen LogP contribution in [0.4, 0.5) is 5.13 Å². The highest BCUT2D eigenvalue weighted by atomic mass is 32.2. The van der Waals surface area contributed by atoms with Crippen molar-refractivity contribution in [3.8, 4) is 0 Å². The molecule has 0 atom stereocenters. The number of thioether (sulfide) groups is 1. The van der Waals surface area contributed by atoms with Crippen LogP contribution in [0.5, 0.6) is 0 Å². The van der Waals surface area contributed by atoms with Gasteiger partial charge in [0.25, 0.3) is 0 Å². The number of nitrogens with one attached hydrogen (secondary N) is 1. The highest BCUT2D eigenvalue weighted by Crippen LogP contribution is 2.35. The van der Waals surface area contributed by atoms with Crippen LogP contribution in [0.25, 0.3) is 0 Å². The fourth-order valence-corrected chi connectivity index (χ4v) is 3.66. The molecule has 1 amide bonds. The van der Waals surface area contributed by atoms with Gasteiger partial charge in [-0.25, -0.2) is 0 Å². The van der Waals surface area contributed by atoms with Crippen molar-refractivity contribution in [1.82, 2.24) is 10.2 Å². The zero-order valence-electron chi connectivity index (χ0n) is 10.9. The number of carbonyl (C=O) groups excluding carboxylic acids is 1. The lowest BCUT2D eigenvalue weighted by Crippen LogP contribution is -2.13. The van der Waals surface area contributed by atoms with Gasteiger partial charge in [-0.1, -0.05) is 36.7 Å². The quantitative estimate of drug-likeness (QED) is 0.645. The van der Waals surface area contributed by atoms with E-state index in [0.717, 1.165) is 10.8 Å². The van der Waals surface area contributed by atoms with Gasteiger partial charge in [-0.2, -0.15) is 0 Å². The van der Waals surface area contributed by atoms with E-state index in [1.54, 1.807) is 17.8 Å². The molecule has 1 saturated carbocycles. The van der Waals surface area contributed by atoms with Gasteiger partial charge in [0.1, 0.15) is 5.01 Å².